The summed E-state index contributed by atoms with van der Waals surface area (Å²) in [7, 11) is 1.34. The number of anilines is 2. The molecule has 8 heteroatoms. The standard InChI is InChI=1S/C22H17N5O3/c1-29-21(28)15-8-6-14(7-9-15)13-25-22-24-11-10-17(27-22)16(12-23)20-26-18-4-2-3-5-19(18)30-20/h2-11,26H,13H2,1H3,(H,24,25,27)/b20-16+. The average Bonchev–Trinajstić information content (AvgIpc) is 3.22. The van der Waals surface area contributed by atoms with E-state index in [2.05, 4.69) is 26.7 Å². The molecule has 0 aliphatic carbocycles. The molecule has 0 amide bonds. The van der Waals surface area contributed by atoms with Crippen LogP contribution in [0.25, 0.3) is 5.57 Å². The lowest BCUT2D eigenvalue weighted by atomic mass is 10.1. The van der Waals surface area contributed by atoms with Gasteiger partial charge in [0, 0.05) is 12.7 Å². The van der Waals surface area contributed by atoms with E-state index in [0.29, 0.717) is 35.4 Å². The van der Waals surface area contributed by atoms with Gasteiger partial charge in [0.15, 0.2) is 5.75 Å². The molecule has 4 rings (SSSR count). The number of carbonyl (C=O) groups excluding carboxylic acids is 1. The van der Waals surface area contributed by atoms with E-state index in [4.69, 9.17) is 9.47 Å². The Morgan fingerprint density at radius 1 is 1.20 bits per heavy atom. The summed E-state index contributed by atoms with van der Waals surface area (Å²) < 4.78 is 10.4. The number of hydrogen-bond acceptors (Lipinski definition) is 8. The predicted molar refractivity (Wildman–Crippen MR) is 110 cm³/mol. The van der Waals surface area contributed by atoms with Crippen LogP contribution in [0.2, 0.25) is 0 Å². The summed E-state index contributed by atoms with van der Waals surface area (Å²) in [5, 5.41) is 15.9. The van der Waals surface area contributed by atoms with E-state index < -0.39 is 0 Å². The highest BCUT2D eigenvalue weighted by Crippen LogP contribution is 2.35. The molecule has 0 saturated carbocycles. The van der Waals surface area contributed by atoms with Gasteiger partial charge in [-0.1, -0.05) is 24.3 Å². The molecule has 1 aliphatic rings. The first kappa shape index (κ1) is 19.0. The molecule has 0 saturated heterocycles. The summed E-state index contributed by atoms with van der Waals surface area (Å²) in [5.74, 6) is 0.978. The number of nitrogens with one attached hydrogen (secondary N) is 2. The number of aromatic nitrogens is 2. The number of hydrogen-bond donors (Lipinski definition) is 2. The van der Waals surface area contributed by atoms with Gasteiger partial charge in [-0.15, -0.1) is 0 Å². The second-order valence-electron chi connectivity index (χ2n) is 6.35. The zero-order chi connectivity index (χ0) is 20.9. The minimum absolute atomic E-state index is 0.277. The SMILES string of the molecule is COC(=O)c1ccc(CNc2nccc(/C(C#N)=C3\Nc4ccccc4O3)n2)cc1. The van der Waals surface area contributed by atoms with Crippen molar-refractivity contribution in [2.45, 2.75) is 6.54 Å². The Morgan fingerprint density at radius 3 is 2.73 bits per heavy atom. The molecule has 0 fully saturated rings. The van der Waals surface area contributed by atoms with Crippen molar-refractivity contribution >= 4 is 23.2 Å². The molecule has 0 spiro atoms. The largest absolute Gasteiger partial charge is 0.465 e. The molecule has 8 nitrogen and oxygen atoms in total. The van der Waals surface area contributed by atoms with Gasteiger partial charge in [0.05, 0.1) is 24.1 Å². The Hall–Kier alpha value is -4.38. The highest BCUT2D eigenvalue weighted by molar-refractivity contribution is 5.89. The van der Waals surface area contributed by atoms with Gasteiger partial charge in [0.2, 0.25) is 11.8 Å². The van der Waals surface area contributed by atoms with Gasteiger partial charge in [-0.05, 0) is 35.9 Å². The van der Waals surface area contributed by atoms with E-state index in [1.807, 2.05) is 36.4 Å². The maximum Gasteiger partial charge on any atom is 0.337 e. The molecular weight excluding hydrogens is 382 g/mol. The summed E-state index contributed by atoms with van der Waals surface area (Å²) in [5.41, 5.74) is 2.93. The molecule has 1 aliphatic heterocycles. The third-order valence-corrected chi connectivity index (χ3v) is 4.42. The quantitative estimate of drug-likeness (QED) is 0.495. The van der Waals surface area contributed by atoms with Crippen molar-refractivity contribution in [3.63, 3.8) is 0 Å². The monoisotopic (exact) mass is 399 g/mol. The van der Waals surface area contributed by atoms with Crippen LogP contribution in [0.1, 0.15) is 21.6 Å². The number of benzene rings is 2. The van der Waals surface area contributed by atoms with Crippen molar-refractivity contribution in [1.29, 1.82) is 5.26 Å². The normalized spacial score (nSPS) is 13.3. The molecule has 2 N–H and O–H groups in total. The van der Waals surface area contributed by atoms with Crippen LogP contribution in [-0.4, -0.2) is 23.0 Å². The molecule has 0 unspecified atom stereocenters. The summed E-state index contributed by atoms with van der Waals surface area (Å²) in [6, 6.07) is 18.3. The Kier molecular flexibility index (Phi) is 5.26. The Labute approximate surface area is 172 Å². The van der Waals surface area contributed by atoms with E-state index in [9.17, 15) is 10.1 Å². The Morgan fingerprint density at radius 2 is 2.00 bits per heavy atom. The topological polar surface area (TPSA) is 109 Å². The Balaban J connectivity index is 1.49. The highest BCUT2D eigenvalue weighted by Gasteiger charge is 2.22. The van der Waals surface area contributed by atoms with Gasteiger partial charge >= 0.3 is 5.97 Å². The van der Waals surface area contributed by atoms with Crippen LogP contribution in [0.3, 0.4) is 0 Å². The lowest BCUT2D eigenvalue weighted by molar-refractivity contribution is 0.0600. The van der Waals surface area contributed by atoms with Crippen LogP contribution >= 0.6 is 0 Å². The van der Waals surface area contributed by atoms with Crippen LogP contribution in [0.4, 0.5) is 11.6 Å². The van der Waals surface area contributed by atoms with Gasteiger partial charge in [0.25, 0.3) is 0 Å². The minimum atomic E-state index is -0.382. The molecule has 2 aromatic carbocycles. The van der Waals surface area contributed by atoms with Crippen LogP contribution < -0.4 is 15.4 Å². The van der Waals surface area contributed by atoms with Crippen LogP contribution in [-0.2, 0) is 11.3 Å². The molecule has 2 heterocycles. The minimum Gasteiger partial charge on any atom is -0.465 e. The fourth-order valence-corrected chi connectivity index (χ4v) is 2.90. The van der Waals surface area contributed by atoms with E-state index in [1.54, 1.807) is 24.4 Å². The smallest absolute Gasteiger partial charge is 0.337 e. The number of allylic oxidation sites excluding steroid dienone is 1. The zero-order valence-electron chi connectivity index (χ0n) is 16.0. The number of rotatable bonds is 5. The summed E-state index contributed by atoms with van der Waals surface area (Å²) in [6.45, 7) is 0.448. The lowest BCUT2D eigenvalue weighted by Crippen LogP contribution is -2.07. The molecule has 0 radical (unpaired) electrons. The van der Waals surface area contributed by atoms with Gasteiger partial charge in [0.1, 0.15) is 11.6 Å². The maximum absolute atomic E-state index is 11.5. The molecule has 30 heavy (non-hydrogen) atoms. The lowest BCUT2D eigenvalue weighted by Gasteiger charge is -2.08. The number of fused-ring (bicyclic) bond motifs is 1. The first-order chi connectivity index (χ1) is 14.7. The van der Waals surface area contributed by atoms with Crippen molar-refractivity contribution in [2.75, 3.05) is 17.7 Å². The number of ether oxygens (including phenoxy) is 2. The van der Waals surface area contributed by atoms with Crippen molar-refractivity contribution in [3.8, 4) is 11.8 Å². The molecule has 0 bridgehead atoms. The van der Waals surface area contributed by atoms with E-state index in [0.717, 1.165) is 11.3 Å². The fraction of sp³-hybridized carbons (Fsp3) is 0.0909. The van der Waals surface area contributed by atoms with Gasteiger partial charge in [-0.25, -0.2) is 14.8 Å². The van der Waals surface area contributed by atoms with E-state index in [-0.39, 0.29) is 11.5 Å². The van der Waals surface area contributed by atoms with Crippen LogP contribution in [0, 0.1) is 11.3 Å². The van der Waals surface area contributed by atoms with Gasteiger partial charge < -0.3 is 20.1 Å². The summed E-state index contributed by atoms with van der Waals surface area (Å²) >= 11 is 0. The van der Waals surface area contributed by atoms with Crippen molar-refractivity contribution in [2.24, 2.45) is 0 Å². The third kappa shape index (κ3) is 3.91. The van der Waals surface area contributed by atoms with E-state index in [1.165, 1.54) is 7.11 Å². The first-order valence-electron chi connectivity index (χ1n) is 9.11. The second kappa shape index (κ2) is 8.32. The first-order valence-corrected chi connectivity index (χ1v) is 9.11. The average molecular weight is 399 g/mol. The molecule has 3 aromatic rings. The van der Waals surface area contributed by atoms with Crippen LogP contribution in [0.15, 0.2) is 66.7 Å². The third-order valence-electron chi connectivity index (χ3n) is 4.42. The molecule has 0 atom stereocenters. The van der Waals surface area contributed by atoms with Crippen molar-refractivity contribution < 1.29 is 14.3 Å². The number of para-hydroxylation sites is 2. The Bertz CT molecular complexity index is 1140. The number of carbonyl (C=O) groups is 1. The number of nitrogens with zero attached hydrogens (tertiary/aromatic N) is 3. The van der Waals surface area contributed by atoms with Crippen molar-refractivity contribution in [1.82, 2.24) is 9.97 Å². The van der Waals surface area contributed by atoms with Crippen LogP contribution in [0.5, 0.6) is 5.75 Å². The number of esters is 1. The summed E-state index contributed by atoms with van der Waals surface area (Å²) in [4.78, 5) is 20.1. The molecule has 148 valence electrons. The van der Waals surface area contributed by atoms with Gasteiger partial charge in [-0.2, -0.15) is 5.26 Å². The van der Waals surface area contributed by atoms with E-state index >= 15 is 0 Å². The second-order valence-corrected chi connectivity index (χ2v) is 6.35. The molecule has 1 aromatic heterocycles. The van der Waals surface area contributed by atoms with Crippen molar-refractivity contribution in [3.05, 3.63) is 83.5 Å². The molecular formula is C22H17N5O3. The number of methoxy groups -OCH3 is 1. The zero-order valence-corrected chi connectivity index (χ0v) is 16.0. The fourth-order valence-electron chi connectivity index (χ4n) is 2.90. The highest BCUT2D eigenvalue weighted by atomic mass is 16.5. The number of nitriles is 1. The van der Waals surface area contributed by atoms with Gasteiger partial charge in [-0.3, -0.25) is 0 Å². The summed E-state index contributed by atoms with van der Waals surface area (Å²) in [6.07, 6.45) is 1.57. The maximum atomic E-state index is 11.5. The predicted octanol–water partition coefficient (Wildman–Crippen LogP) is 3.57.